The Morgan fingerprint density at radius 1 is 1.35 bits per heavy atom. The molecular formula is C15H23N3O4S. The Labute approximate surface area is 136 Å². The molecule has 1 aliphatic heterocycles. The summed E-state index contributed by atoms with van der Waals surface area (Å²) in [4.78, 5) is 12.3. The van der Waals surface area contributed by atoms with Crippen molar-refractivity contribution in [2.24, 2.45) is 0 Å². The van der Waals surface area contributed by atoms with Crippen LogP contribution in [-0.2, 0) is 26.1 Å². The van der Waals surface area contributed by atoms with Gasteiger partial charge in [-0.05, 0) is 24.6 Å². The van der Waals surface area contributed by atoms with Crippen molar-refractivity contribution in [1.29, 1.82) is 0 Å². The minimum Gasteiger partial charge on any atom is -0.375 e. The molecule has 128 valence electrons. The first kappa shape index (κ1) is 17.9. The quantitative estimate of drug-likeness (QED) is 0.676. The van der Waals surface area contributed by atoms with Crippen LogP contribution in [0.25, 0.3) is 0 Å². The number of carbonyl (C=O) groups excluding carboxylic acids is 1. The molecule has 2 rings (SSSR count). The molecule has 0 spiro atoms. The van der Waals surface area contributed by atoms with Gasteiger partial charge in [-0.2, -0.15) is 0 Å². The highest BCUT2D eigenvalue weighted by Gasteiger charge is 2.27. The highest BCUT2D eigenvalue weighted by Crippen LogP contribution is 2.11. The number of amides is 1. The zero-order valence-electron chi connectivity index (χ0n) is 13.3. The maximum atomic E-state index is 12.1. The number of rotatable bonds is 6. The highest BCUT2D eigenvalue weighted by atomic mass is 32.2. The summed E-state index contributed by atoms with van der Waals surface area (Å²) in [6, 6.07) is 6.09. The molecule has 8 heteroatoms. The van der Waals surface area contributed by atoms with Crippen molar-refractivity contribution in [3.8, 4) is 0 Å². The topological polar surface area (TPSA) is 96.5 Å². The van der Waals surface area contributed by atoms with Gasteiger partial charge in [-0.3, -0.25) is 4.79 Å². The summed E-state index contributed by atoms with van der Waals surface area (Å²) in [5.41, 5.74) is 0.832. The highest BCUT2D eigenvalue weighted by molar-refractivity contribution is 7.89. The van der Waals surface area contributed by atoms with Crippen LogP contribution in [0.15, 0.2) is 29.2 Å². The average molecular weight is 341 g/mol. The predicted octanol–water partition coefficient (Wildman–Crippen LogP) is -0.0221. The second kappa shape index (κ2) is 7.87. The second-order valence-corrected chi connectivity index (χ2v) is 7.14. The Hall–Kier alpha value is -1.48. The molecular weight excluding hydrogens is 318 g/mol. The summed E-state index contributed by atoms with van der Waals surface area (Å²) in [6.07, 6.45) is -0.170. The average Bonchev–Trinajstić information content (AvgIpc) is 2.53. The number of benzene rings is 1. The fourth-order valence-corrected chi connectivity index (χ4v) is 3.43. The van der Waals surface area contributed by atoms with Gasteiger partial charge in [0.1, 0.15) is 6.04 Å². The lowest BCUT2D eigenvalue weighted by Crippen LogP contribution is -2.55. The van der Waals surface area contributed by atoms with E-state index in [1.165, 1.54) is 12.1 Å². The van der Waals surface area contributed by atoms with E-state index >= 15 is 0 Å². The maximum Gasteiger partial charge on any atom is 0.240 e. The van der Waals surface area contributed by atoms with Crippen molar-refractivity contribution in [3.63, 3.8) is 0 Å². The smallest absolute Gasteiger partial charge is 0.240 e. The minimum absolute atomic E-state index is 0.124. The van der Waals surface area contributed by atoms with E-state index in [-0.39, 0.29) is 22.9 Å². The van der Waals surface area contributed by atoms with Gasteiger partial charge in [-0.1, -0.05) is 19.1 Å². The van der Waals surface area contributed by atoms with Crippen molar-refractivity contribution in [2.75, 3.05) is 19.7 Å². The molecule has 1 saturated heterocycles. The molecule has 1 aliphatic rings. The fraction of sp³-hybridized carbons (Fsp3) is 0.533. The Balaban J connectivity index is 1.92. The van der Waals surface area contributed by atoms with E-state index < -0.39 is 10.0 Å². The monoisotopic (exact) mass is 341 g/mol. The Bertz CT molecular complexity index is 631. The van der Waals surface area contributed by atoms with E-state index in [1.807, 2.05) is 6.92 Å². The molecule has 0 aliphatic carbocycles. The van der Waals surface area contributed by atoms with Crippen molar-refractivity contribution in [1.82, 2.24) is 15.4 Å². The van der Waals surface area contributed by atoms with Gasteiger partial charge in [0.05, 0.1) is 17.6 Å². The van der Waals surface area contributed by atoms with Crippen LogP contribution >= 0.6 is 0 Å². The van der Waals surface area contributed by atoms with Crippen LogP contribution in [0.1, 0.15) is 19.4 Å². The first-order valence-electron chi connectivity index (χ1n) is 7.65. The number of nitrogens with one attached hydrogen (secondary N) is 3. The van der Waals surface area contributed by atoms with Crippen LogP contribution in [-0.4, -0.2) is 46.2 Å². The molecule has 23 heavy (non-hydrogen) atoms. The van der Waals surface area contributed by atoms with Crippen molar-refractivity contribution >= 4 is 15.9 Å². The first-order valence-corrected chi connectivity index (χ1v) is 9.13. The third-order valence-corrected chi connectivity index (χ3v) is 5.20. The van der Waals surface area contributed by atoms with Crippen LogP contribution < -0.4 is 15.4 Å². The molecule has 0 saturated carbocycles. The number of morpholine rings is 1. The maximum absolute atomic E-state index is 12.1. The molecule has 0 radical (unpaired) electrons. The summed E-state index contributed by atoms with van der Waals surface area (Å²) < 4.78 is 31.6. The molecule has 2 atom stereocenters. The van der Waals surface area contributed by atoms with Gasteiger partial charge in [-0.15, -0.1) is 0 Å². The summed E-state index contributed by atoms with van der Waals surface area (Å²) in [5.74, 6) is -0.124. The van der Waals surface area contributed by atoms with Crippen molar-refractivity contribution in [3.05, 3.63) is 29.8 Å². The molecule has 3 N–H and O–H groups in total. The van der Waals surface area contributed by atoms with E-state index in [2.05, 4.69) is 15.4 Å². The molecule has 1 aromatic rings. The molecule has 0 bridgehead atoms. The van der Waals surface area contributed by atoms with E-state index in [4.69, 9.17) is 4.74 Å². The number of sulfonamides is 1. The molecule has 7 nitrogen and oxygen atoms in total. The minimum atomic E-state index is -3.45. The molecule has 0 unspecified atom stereocenters. The molecule has 1 fully saturated rings. The van der Waals surface area contributed by atoms with Gasteiger partial charge in [0.2, 0.25) is 15.9 Å². The lowest BCUT2D eigenvalue weighted by atomic mass is 10.1. The standard InChI is InChI=1S/C15H23N3O4S/c1-3-18-23(20,21)13-6-4-12(5-7-13)10-17-15(19)14-11(2)22-9-8-16-14/h4-7,11,14,16,18H,3,8-10H2,1-2H3,(H,17,19)/t11-,14+/m1/s1. The third-order valence-electron chi connectivity index (χ3n) is 3.63. The fourth-order valence-electron chi connectivity index (χ4n) is 2.39. The second-order valence-electron chi connectivity index (χ2n) is 5.37. The van der Waals surface area contributed by atoms with E-state index in [0.717, 1.165) is 5.56 Å². The lowest BCUT2D eigenvalue weighted by Gasteiger charge is -2.29. The van der Waals surface area contributed by atoms with E-state index in [1.54, 1.807) is 19.1 Å². The largest absolute Gasteiger partial charge is 0.375 e. The number of ether oxygens (including phenoxy) is 1. The molecule has 1 heterocycles. The van der Waals surface area contributed by atoms with Gasteiger partial charge >= 0.3 is 0 Å². The van der Waals surface area contributed by atoms with Crippen LogP contribution in [0.3, 0.4) is 0 Å². The molecule has 0 aromatic heterocycles. The van der Waals surface area contributed by atoms with E-state index in [0.29, 0.717) is 26.2 Å². The van der Waals surface area contributed by atoms with Gasteiger partial charge < -0.3 is 15.4 Å². The zero-order valence-corrected chi connectivity index (χ0v) is 14.2. The Kier molecular flexibility index (Phi) is 6.11. The third kappa shape index (κ3) is 4.74. The Morgan fingerprint density at radius 2 is 2.04 bits per heavy atom. The number of carbonyl (C=O) groups is 1. The summed E-state index contributed by atoms with van der Waals surface area (Å²) in [6.45, 7) is 5.52. The van der Waals surface area contributed by atoms with Gasteiger partial charge in [0, 0.05) is 19.6 Å². The molecule has 1 amide bonds. The molecule has 1 aromatic carbocycles. The van der Waals surface area contributed by atoms with Crippen LogP contribution in [0.4, 0.5) is 0 Å². The number of hydrogen-bond acceptors (Lipinski definition) is 5. The SMILES string of the molecule is CCNS(=O)(=O)c1ccc(CNC(=O)[C@H]2NCCO[C@@H]2C)cc1. The van der Waals surface area contributed by atoms with Crippen molar-refractivity contribution in [2.45, 2.75) is 37.4 Å². The number of hydrogen-bond donors (Lipinski definition) is 3. The van der Waals surface area contributed by atoms with Crippen LogP contribution in [0.2, 0.25) is 0 Å². The zero-order chi connectivity index (χ0) is 16.9. The summed E-state index contributed by atoms with van der Waals surface area (Å²) in [7, 11) is -3.45. The van der Waals surface area contributed by atoms with Gasteiger partial charge in [-0.25, -0.2) is 13.1 Å². The lowest BCUT2D eigenvalue weighted by molar-refractivity contribution is -0.129. The predicted molar refractivity (Wildman–Crippen MR) is 86.4 cm³/mol. The summed E-state index contributed by atoms with van der Waals surface area (Å²) >= 11 is 0. The Morgan fingerprint density at radius 3 is 2.65 bits per heavy atom. The normalized spacial score (nSPS) is 21.8. The first-order chi connectivity index (χ1) is 10.9. The summed E-state index contributed by atoms with van der Waals surface area (Å²) in [5, 5.41) is 5.96. The van der Waals surface area contributed by atoms with Gasteiger partial charge in [0.15, 0.2) is 0 Å². The van der Waals surface area contributed by atoms with Gasteiger partial charge in [0.25, 0.3) is 0 Å². The van der Waals surface area contributed by atoms with Crippen molar-refractivity contribution < 1.29 is 17.9 Å². The van der Waals surface area contributed by atoms with E-state index in [9.17, 15) is 13.2 Å². The van der Waals surface area contributed by atoms with Crippen LogP contribution in [0.5, 0.6) is 0 Å². The van der Waals surface area contributed by atoms with Crippen LogP contribution in [0, 0.1) is 0 Å².